The van der Waals surface area contributed by atoms with Gasteiger partial charge in [-0.05, 0) is 24.3 Å². The van der Waals surface area contributed by atoms with E-state index >= 15 is 0 Å². The first-order chi connectivity index (χ1) is 13.8. The van der Waals surface area contributed by atoms with E-state index in [2.05, 4.69) is 15.3 Å². The van der Waals surface area contributed by atoms with E-state index in [1.54, 1.807) is 30.6 Å². The van der Waals surface area contributed by atoms with Crippen molar-refractivity contribution in [3.63, 3.8) is 0 Å². The first-order valence-electron chi connectivity index (χ1n) is 8.64. The van der Waals surface area contributed by atoms with Crippen molar-refractivity contribution in [3.8, 4) is 11.5 Å². The molecule has 28 heavy (non-hydrogen) atoms. The summed E-state index contributed by atoms with van der Waals surface area (Å²) < 4.78 is 11.0. The summed E-state index contributed by atoms with van der Waals surface area (Å²) >= 11 is 2.89. The van der Waals surface area contributed by atoms with Gasteiger partial charge >= 0.3 is 0 Å². The third-order valence-corrected chi connectivity index (χ3v) is 5.86. The molecule has 1 N–H and O–H groups in total. The van der Waals surface area contributed by atoms with E-state index in [4.69, 9.17) is 9.47 Å². The van der Waals surface area contributed by atoms with Crippen LogP contribution in [0.4, 0.5) is 5.69 Å². The minimum Gasteiger partial charge on any atom is -0.486 e. The zero-order chi connectivity index (χ0) is 19.2. The van der Waals surface area contributed by atoms with Crippen LogP contribution in [0.15, 0.2) is 75.9 Å². The topological polar surface area (TPSA) is 73.3 Å². The molecule has 0 fully saturated rings. The van der Waals surface area contributed by atoms with E-state index in [0.29, 0.717) is 30.4 Å². The Morgan fingerprint density at radius 2 is 1.71 bits per heavy atom. The Bertz CT molecular complexity index is 970. The van der Waals surface area contributed by atoms with E-state index < -0.39 is 0 Å². The first kappa shape index (κ1) is 18.6. The molecule has 0 atom stereocenters. The van der Waals surface area contributed by atoms with Crippen LogP contribution >= 0.6 is 23.5 Å². The van der Waals surface area contributed by atoms with E-state index in [1.807, 2.05) is 30.3 Å². The minimum absolute atomic E-state index is 0.122. The number of fused-ring (bicyclic) bond motifs is 1. The molecule has 0 saturated carbocycles. The highest BCUT2D eigenvalue weighted by molar-refractivity contribution is 8.02. The number of nitrogens with one attached hydrogen (secondary N) is 1. The SMILES string of the molecule is O=C(CSc1nccnc1Sc1ccccc1)Nc1ccc2c(c1)OCCO2. The fraction of sp³-hybridized carbons (Fsp3) is 0.150. The van der Waals surface area contributed by atoms with Crippen molar-refractivity contribution in [3.05, 3.63) is 60.9 Å². The van der Waals surface area contributed by atoms with E-state index in [-0.39, 0.29) is 11.7 Å². The fourth-order valence-corrected chi connectivity index (χ4v) is 4.26. The van der Waals surface area contributed by atoms with Gasteiger partial charge in [0.05, 0.1) is 5.75 Å². The van der Waals surface area contributed by atoms with Gasteiger partial charge in [0.2, 0.25) is 5.91 Å². The molecule has 0 radical (unpaired) electrons. The Morgan fingerprint density at radius 3 is 2.54 bits per heavy atom. The molecule has 1 aliphatic rings. The third-order valence-electron chi connectivity index (χ3n) is 3.76. The predicted octanol–water partition coefficient (Wildman–Crippen LogP) is 4.13. The molecule has 4 rings (SSSR count). The van der Waals surface area contributed by atoms with Gasteiger partial charge in [-0.15, -0.1) is 0 Å². The average molecular weight is 412 g/mol. The second kappa shape index (κ2) is 8.99. The van der Waals surface area contributed by atoms with Gasteiger partial charge in [-0.3, -0.25) is 4.79 Å². The lowest BCUT2D eigenvalue weighted by Crippen LogP contribution is -2.17. The molecular formula is C20H17N3O3S2. The summed E-state index contributed by atoms with van der Waals surface area (Å²) in [6.45, 7) is 1.05. The van der Waals surface area contributed by atoms with Gasteiger partial charge in [0.15, 0.2) is 11.5 Å². The lowest BCUT2D eigenvalue weighted by Gasteiger charge is -2.19. The molecule has 3 aromatic rings. The Kier molecular flexibility index (Phi) is 5.98. The number of ether oxygens (including phenoxy) is 2. The lowest BCUT2D eigenvalue weighted by atomic mass is 10.2. The molecule has 6 nitrogen and oxygen atoms in total. The van der Waals surface area contributed by atoms with Crippen LogP contribution in [-0.4, -0.2) is 34.8 Å². The minimum atomic E-state index is -0.122. The summed E-state index contributed by atoms with van der Waals surface area (Å²) in [4.78, 5) is 22.2. The van der Waals surface area contributed by atoms with Gasteiger partial charge < -0.3 is 14.8 Å². The van der Waals surface area contributed by atoms with Crippen LogP contribution in [0.2, 0.25) is 0 Å². The van der Waals surface area contributed by atoms with Crippen LogP contribution in [0, 0.1) is 0 Å². The number of benzene rings is 2. The van der Waals surface area contributed by atoms with E-state index in [0.717, 1.165) is 14.9 Å². The van der Waals surface area contributed by atoms with Crippen molar-refractivity contribution in [2.45, 2.75) is 14.9 Å². The first-order valence-corrected chi connectivity index (χ1v) is 10.4. The largest absolute Gasteiger partial charge is 0.486 e. The fourth-order valence-electron chi connectivity index (χ4n) is 2.53. The average Bonchev–Trinajstić information content (AvgIpc) is 2.74. The second-order valence-electron chi connectivity index (χ2n) is 5.78. The highest BCUT2D eigenvalue weighted by atomic mass is 32.2. The van der Waals surface area contributed by atoms with Crippen LogP contribution < -0.4 is 14.8 Å². The molecule has 2 aromatic carbocycles. The second-order valence-corrected chi connectivity index (χ2v) is 7.80. The summed E-state index contributed by atoms with van der Waals surface area (Å²) in [5, 5.41) is 4.39. The van der Waals surface area contributed by atoms with Crippen LogP contribution in [0.25, 0.3) is 0 Å². The maximum atomic E-state index is 12.4. The molecule has 0 bridgehead atoms. The molecule has 0 saturated heterocycles. The molecule has 1 aromatic heterocycles. The smallest absolute Gasteiger partial charge is 0.234 e. The number of carbonyl (C=O) groups is 1. The zero-order valence-corrected chi connectivity index (χ0v) is 16.5. The number of nitrogens with zero attached hydrogens (tertiary/aromatic N) is 2. The summed E-state index contributed by atoms with van der Waals surface area (Å²) in [5.41, 5.74) is 0.674. The van der Waals surface area contributed by atoms with E-state index in [9.17, 15) is 4.79 Å². The van der Waals surface area contributed by atoms with Crippen molar-refractivity contribution < 1.29 is 14.3 Å². The summed E-state index contributed by atoms with van der Waals surface area (Å²) in [5.74, 6) is 1.45. The molecule has 1 amide bonds. The molecular weight excluding hydrogens is 394 g/mol. The predicted molar refractivity (Wildman–Crippen MR) is 109 cm³/mol. The Morgan fingerprint density at radius 1 is 0.964 bits per heavy atom. The highest BCUT2D eigenvalue weighted by Crippen LogP contribution is 2.34. The highest BCUT2D eigenvalue weighted by Gasteiger charge is 2.14. The van der Waals surface area contributed by atoms with Crippen molar-refractivity contribution in [2.75, 3.05) is 24.3 Å². The number of rotatable bonds is 6. The maximum Gasteiger partial charge on any atom is 0.234 e. The molecule has 0 spiro atoms. The number of aromatic nitrogens is 2. The lowest BCUT2D eigenvalue weighted by molar-refractivity contribution is -0.113. The van der Waals surface area contributed by atoms with Crippen molar-refractivity contribution >= 4 is 35.1 Å². The molecule has 0 unspecified atom stereocenters. The van der Waals surface area contributed by atoms with E-state index in [1.165, 1.54) is 23.5 Å². The molecule has 8 heteroatoms. The number of thioether (sulfide) groups is 1. The number of carbonyl (C=O) groups excluding carboxylic acids is 1. The number of amides is 1. The van der Waals surface area contributed by atoms with Gasteiger partial charge in [-0.2, -0.15) is 0 Å². The Hall–Kier alpha value is -2.71. The van der Waals surface area contributed by atoms with Crippen LogP contribution in [-0.2, 0) is 4.79 Å². The number of hydrogen-bond acceptors (Lipinski definition) is 7. The van der Waals surface area contributed by atoms with Gasteiger partial charge in [-0.25, -0.2) is 9.97 Å². The van der Waals surface area contributed by atoms with Crippen LogP contribution in [0.5, 0.6) is 11.5 Å². The molecule has 0 aliphatic carbocycles. The molecule has 2 heterocycles. The number of anilines is 1. The standard InChI is InChI=1S/C20H17N3O3S2/c24-18(23-14-6-7-16-17(12-14)26-11-10-25-16)13-27-19-20(22-9-8-21-19)28-15-4-2-1-3-5-15/h1-9,12H,10-11,13H2,(H,23,24). The van der Waals surface area contributed by atoms with Crippen molar-refractivity contribution in [1.82, 2.24) is 9.97 Å². The quantitative estimate of drug-likeness (QED) is 0.611. The summed E-state index contributed by atoms with van der Waals surface area (Å²) in [6, 6.07) is 15.3. The number of hydrogen-bond donors (Lipinski definition) is 1. The normalized spacial score (nSPS) is 12.4. The molecule has 1 aliphatic heterocycles. The van der Waals surface area contributed by atoms with Gasteiger partial charge in [0.1, 0.15) is 23.3 Å². The Balaban J connectivity index is 1.37. The maximum absolute atomic E-state index is 12.4. The van der Waals surface area contributed by atoms with Crippen LogP contribution in [0.3, 0.4) is 0 Å². The van der Waals surface area contributed by atoms with Gasteiger partial charge in [-0.1, -0.05) is 41.7 Å². The monoisotopic (exact) mass is 411 g/mol. The Labute approximate surface area is 171 Å². The summed E-state index contributed by atoms with van der Waals surface area (Å²) in [7, 11) is 0. The zero-order valence-electron chi connectivity index (χ0n) is 14.8. The molecule has 142 valence electrons. The third kappa shape index (κ3) is 4.76. The van der Waals surface area contributed by atoms with Crippen LogP contribution in [0.1, 0.15) is 0 Å². The van der Waals surface area contributed by atoms with Gasteiger partial charge in [0.25, 0.3) is 0 Å². The summed E-state index contributed by atoms with van der Waals surface area (Å²) in [6.07, 6.45) is 3.29. The van der Waals surface area contributed by atoms with Gasteiger partial charge in [0, 0.05) is 29.0 Å². The van der Waals surface area contributed by atoms with Crippen molar-refractivity contribution in [2.24, 2.45) is 0 Å². The van der Waals surface area contributed by atoms with Crippen molar-refractivity contribution in [1.29, 1.82) is 0 Å².